The Balaban J connectivity index is 2.29. The van der Waals surface area contributed by atoms with Crippen LogP contribution in [0.4, 0.5) is 13.2 Å². The Morgan fingerprint density at radius 1 is 1.44 bits per heavy atom. The van der Waals surface area contributed by atoms with Crippen molar-refractivity contribution in [2.24, 2.45) is 0 Å². The highest BCUT2D eigenvalue weighted by Crippen LogP contribution is 2.12. The van der Waals surface area contributed by atoms with Gasteiger partial charge in [0.25, 0.3) is 0 Å². The molecule has 0 atom stereocenters. The lowest BCUT2D eigenvalue weighted by molar-refractivity contribution is -0.125. The molecule has 0 amide bonds. The zero-order valence-corrected chi connectivity index (χ0v) is 8.67. The minimum Gasteiger partial charge on any atom is -0.374 e. The van der Waals surface area contributed by atoms with E-state index in [1.165, 1.54) is 0 Å². The van der Waals surface area contributed by atoms with Gasteiger partial charge in [0.05, 0.1) is 13.1 Å². The van der Waals surface area contributed by atoms with Gasteiger partial charge in [0, 0.05) is 6.61 Å². The van der Waals surface area contributed by atoms with Crippen LogP contribution < -0.4 is 5.32 Å². The van der Waals surface area contributed by atoms with Crippen molar-refractivity contribution in [3.63, 3.8) is 0 Å². The maximum absolute atomic E-state index is 11.8. The van der Waals surface area contributed by atoms with E-state index in [9.17, 15) is 13.2 Å². The van der Waals surface area contributed by atoms with E-state index in [0.29, 0.717) is 12.4 Å². The second-order valence-electron chi connectivity index (χ2n) is 2.96. The molecule has 5 nitrogen and oxygen atoms in total. The topological polar surface area (TPSA) is 60.2 Å². The number of nitrogens with zero attached hydrogens (tertiary/aromatic N) is 2. The summed E-state index contributed by atoms with van der Waals surface area (Å²) in [5.74, 6) is 0.435. The number of hydrogen-bond donors (Lipinski definition) is 1. The zero-order valence-electron chi connectivity index (χ0n) is 8.67. The largest absolute Gasteiger partial charge is 0.401 e. The van der Waals surface area contributed by atoms with E-state index in [4.69, 9.17) is 9.26 Å². The van der Waals surface area contributed by atoms with E-state index in [-0.39, 0.29) is 19.0 Å². The van der Waals surface area contributed by atoms with E-state index in [1.807, 2.05) is 6.92 Å². The molecule has 92 valence electrons. The summed E-state index contributed by atoms with van der Waals surface area (Å²) in [5, 5.41) is 5.69. The molecule has 0 bridgehead atoms. The molecule has 0 aliphatic heterocycles. The third kappa shape index (κ3) is 5.08. The van der Waals surface area contributed by atoms with Gasteiger partial charge in [0.1, 0.15) is 6.61 Å². The molecule has 0 saturated carbocycles. The molecule has 16 heavy (non-hydrogen) atoms. The van der Waals surface area contributed by atoms with Crippen LogP contribution in [-0.4, -0.2) is 29.5 Å². The molecule has 1 aromatic heterocycles. The van der Waals surface area contributed by atoms with Gasteiger partial charge in [-0.1, -0.05) is 5.16 Å². The Bertz CT molecular complexity index is 314. The third-order valence-corrected chi connectivity index (χ3v) is 1.55. The standard InChI is InChI=1S/C8H12F3N3O2/c1-2-15-4-6-13-7(16-14-6)3-12-5-8(9,10)11/h12H,2-5H2,1H3. The Hall–Kier alpha value is -1.15. The van der Waals surface area contributed by atoms with Crippen molar-refractivity contribution < 1.29 is 22.4 Å². The van der Waals surface area contributed by atoms with Crippen LogP contribution in [-0.2, 0) is 17.9 Å². The van der Waals surface area contributed by atoms with Gasteiger partial charge in [0.2, 0.25) is 5.89 Å². The molecule has 0 radical (unpaired) electrons. The molecule has 0 aliphatic carbocycles. The minimum absolute atomic E-state index is 0.110. The van der Waals surface area contributed by atoms with Gasteiger partial charge >= 0.3 is 6.18 Å². The predicted molar refractivity (Wildman–Crippen MR) is 47.4 cm³/mol. The molecule has 0 saturated heterocycles. The van der Waals surface area contributed by atoms with Gasteiger partial charge in [-0.3, -0.25) is 0 Å². The van der Waals surface area contributed by atoms with Crippen LogP contribution in [0, 0.1) is 0 Å². The maximum atomic E-state index is 11.8. The van der Waals surface area contributed by atoms with Gasteiger partial charge in [-0.2, -0.15) is 18.2 Å². The van der Waals surface area contributed by atoms with Crippen molar-refractivity contribution >= 4 is 0 Å². The fourth-order valence-corrected chi connectivity index (χ4v) is 0.925. The van der Waals surface area contributed by atoms with Gasteiger partial charge in [-0.25, -0.2) is 0 Å². The van der Waals surface area contributed by atoms with Crippen LogP contribution in [0.2, 0.25) is 0 Å². The summed E-state index contributed by atoms with van der Waals surface area (Å²) in [5.41, 5.74) is 0. The molecule has 0 unspecified atom stereocenters. The van der Waals surface area contributed by atoms with Crippen molar-refractivity contribution in [2.45, 2.75) is 26.3 Å². The number of halogens is 3. The van der Waals surface area contributed by atoms with E-state index in [2.05, 4.69) is 15.5 Å². The SMILES string of the molecule is CCOCc1noc(CNCC(F)(F)F)n1. The maximum Gasteiger partial charge on any atom is 0.401 e. The first-order chi connectivity index (χ1) is 7.51. The predicted octanol–water partition coefficient (Wildman–Crippen LogP) is 1.26. The van der Waals surface area contributed by atoms with Crippen molar-refractivity contribution in [3.05, 3.63) is 11.7 Å². The lowest BCUT2D eigenvalue weighted by Gasteiger charge is -2.05. The molecule has 0 aliphatic rings. The molecule has 0 spiro atoms. The number of hydrogen-bond acceptors (Lipinski definition) is 5. The van der Waals surface area contributed by atoms with Crippen molar-refractivity contribution in [3.8, 4) is 0 Å². The average Bonchev–Trinajstić information content (AvgIpc) is 2.61. The minimum atomic E-state index is -4.24. The number of aromatic nitrogens is 2. The smallest absolute Gasteiger partial charge is 0.374 e. The fourth-order valence-electron chi connectivity index (χ4n) is 0.925. The second kappa shape index (κ2) is 5.80. The van der Waals surface area contributed by atoms with E-state index < -0.39 is 12.7 Å². The monoisotopic (exact) mass is 239 g/mol. The van der Waals surface area contributed by atoms with Gasteiger partial charge in [-0.05, 0) is 6.92 Å². The van der Waals surface area contributed by atoms with Crippen LogP contribution in [0.5, 0.6) is 0 Å². The first kappa shape index (κ1) is 12.9. The summed E-state index contributed by atoms with van der Waals surface area (Å²) in [6.07, 6.45) is -4.24. The molecule has 1 heterocycles. The highest BCUT2D eigenvalue weighted by atomic mass is 19.4. The summed E-state index contributed by atoms with van der Waals surface area (Å²) in [6, 6.07) is 0. The van der Waals surface area contributed by atoms with Crippen LogP contribution in [0.25, 0.3) is 0 Å². The highest BCUT2D eigenvalue weighted by molar-refractivity contribution is 4.84. The first-order valence-electron chi connectivity index (χ1n) is 4.68. The van der Waals surface area contributed by atoms with Crippen molar-refractivity contribution in [1.82, 2.24) is 15.5 Å². The number of alkyl halides is 3. The van der Waals surface area contributed by atoms with Crippen molar-refractivity contribution in [1.29, 1.82) is 0 Å². The van der Waals surface area contributed by atoms with E-state index >= 15 is 0 Å². The summed E-state index contributed by atoms with van der Waals surface area (Å²) in [7, 11) is 0. The van der Waals surface area contributed by atoms with Crippen LogP contribution >= 0.6 is 0 Å². The van der Waals surface area contributed by atoms with Gasteiger partial charge < -0.3 is 14.6 Å². The second-order valence-corrected chi connectivity index (χ2v) is 2.96. The number of nitrogens with one attached hydrogen (secondary N) is 1. The lowest BCUT2D eigenvalue weighted by Crippen LogP contribution is -2.28. The Labute approximate surface area is 90.0 Å². The molecule has 8 heteroatoms. The Kier molecular flexibility index (Phi) is 4.69. The number of rotatable bonds is 6. The van der Waals surface area contributed by atoms with Crippen molar-refractivity contribution in [2.75, 3.05) is 13.2 Å². The molecule has 0 aromatic carbocycles. The molecule has 1 aromatic rings. The van der Waals surface area contributed by atoms with E-state index in [1.54, 1.807) is 0 Å². The van der Waals surface area contributed by atoms with Gasteiger partial charge in [-0.15, -0.1) is 0 Å². The first-order valence-corrected chi connectivity index (χ1v) is 4.68. The molecular formula is C8H12F3N3O2. The number of ether oxygens (including phenoxy) is 1. The molecule has 1 rings (SSSR count). The van der Waals surface area contributed by atoms with E-state index in [0.717, 1.165) is 0 Å². The van der Waals surface area contributed by atoms with Crippen LogP contribution in [0.1, 0.15) is 18.6 Å². The summed E-state index contributed by atoms with van der Waals surface area (Å²) in [4.78, 5) is 3.83. The lowest BCUT2D eigenvalue weighted by atomic mass is 10.5. The quantitative estimate of drug-likeness (QED) is 0.809. The average molecular weight is 239 g/mol. The molecule has 0 fully saturated rings. The summed E-state index contributed by atoms with van der Waals surface area (Å²) < 4.78 is 45.1. The Morgan fingerprint density at radius 2 is 2.19 bits per heavy atom. The molecule has 1 N–H and O–H groups in total. The summed E-state index contributed by atoms with van der Waals surface area (Å²) in [6.45, 7) is 1.32. The fraction of sp³-hybridized carbons (Fsp3) is 0.750. The highest BCUT2D eigenvalue weighted by Gasteiger charge is 2.26. The zero-order chi connectivity index (χ0) is 12.0. The summed E-state index contributed by atoms with van der Waals surface area (Å²) >= 11 is 0. The van der Waals surface area contributed by atoms with Gasteiger partial charge in [0.15, 0.2) is 5.82 Å². The molecular weight excluding hydrogens is 227 g/mol. The third-order valence-electron chi connectivity index (χ3n) is 1.55. The normalized spacial score (nSPS) is 12.0. The van der Waals surface area contributed by atoms with Crippen LogP contribution in [0.15, 0.2) is 4.52 Å². The van der Waals surface area contributed by atoms with Crippen LogP contribution in [0.3, 0.4) is 0 Å². The Morgan fingerprint density at radius 3 is 2.81 bits per heavy atom.